The van der Waals surface area contributed by atoms with E-state index in [2.05, 4.69) is 84.9 Å². The lowest BCUT2D eigenvalue weighted by molar-refractivity contribution is -0.138. The zero-order valence-corrected chi connectivity index (χ0v) is 25.6. The average Bonchev–Trinajstić information content (AvgIpc) is 2.78. The largest absolute Gasteiger partial charge is 0.481 e. The number of carboxylic acid groups (broad SMARTS) is 1. The summed E-state index contributed by atoms with van der Waals surface area (Å²) in [4.78, 5) is 10.7. The summed E-state index contributed by atoms with van der Waals surface area (Å²) >= 11 is 0. The van der Waals surface area contributed by atoms with E-state index in [0.29, 0.717) is 0 Å². The van der Waals surface area contributed by atoms with E-state index in [1.54, 1.807) is 0 Å². The molecule has 37 heavy (non-hydrogen) atoms. The molecule has 1 N–H and O–H groups in total. The summed E-state index contributed by atoms with van der Waals surface area (Å²) in [5.74, 6) is -0.444. The first-order valence-corrected chi connectivity index (χ1v) is 14.6. The fraction of sp³-hybridized carbons (Fsp3) is 0.629. The number of allylic oxidation sites excluding steroid dienone is 12. The van der Waals surface area contributed by atoms with Crippen LogP contribution >= 0.6 is 0 Å². The van der Waals surface area contributed by atoms with Crippen LogP contribution in [0, 0.1) is 5.92 Å². The van der Waals surface area contributed by atoms with Crippen LogP contribution in [0.2, 0.25) is 0 Å². The van der Waals surface area contributed by atoms with Crippen LogP contribution in [-0.2, 0) is 4.79 Å². The molecule has 0 amide bonds. The third-order valence-corrected chi connectivity index (χ3v) is 6.89. The molecule has 210 valence electrons. The van der Waals surface area contributed by atoms with Crippen molar-refractivity contribution in [3.05, 3.63) is 69.9 Å². The molecule has 0 aromatic heterocycles. The quantitative estimate of drug-likeness (QED) is 0.165. The van der Waals surface area contributed by atoms with E-state index in [4.69, 9.17) is 5.11 Å². The third-order valence-electron chi connectivity index (χ3n) is 6.89. The van der Waals surface area contributed by atoms with Gasteiger partial charge in [-0.2, -0.15) is 0 Å². The molecule has 1 atom stereocenters. The van der Waals surface area contributed by atoms with Gasteiger partial charge in [0.05, 0.1) is 0 Å². The highest BCUT2D eigenvalue weighted by molar-refractivity contribution is 5.66. The molecule has 0 aromatic carbocycles. The molecule has 0 aliphatic carbocycles. The lowest BCUT2D eigenvalue weighted by Gasteiger charge is -2.06. The summed E-state index contributed by atoms with van der Waals surface area (Å²) in [6.07, 6.45) is 27.9. The Labute approximate surface area is 230 Å². The minimum absolute atomic E-state index is 0.250. The predicted molar refractivity (Wildman–Crippen MR) is 165 cm³/mol. The number of hydrogen-bond donors (Lipinski definition) is 1. The lowest BCUT2D eigenvalue weighted by Crippen LogP contribution is -2.03. The molecule has 0 aromatic rings. The van der Waals surface area contributed by atoms with Crippen LogP contribution in [0.25, 0.3) is 0 Å². The van der Waals surface area contributed by atoms with Crippen molar-refractivity contribution < 1.29 is 9.90 Å². The fourth-order valence-corrected chi connectivity index (χ4v) is 4.30. The number of rotatable bonds is 20. The van der Waals surface area contributed by atoms with Crippen molar-refractivity contribution in [2.75, 3.05) is 0 Å². The van der Waals surface area contributed by atoms with E-state index in [1.807, 2.05) is 6.92 Å². The Kier molecular flexibility index (Phi) is 20.7. The van der Waals surface area contributed by atoms with Crippen LogP contribution in [0.15, 0.2) is 69.9 Å². The normalized spacial score (nSPS) is 14.6. The summed E-state index contributed by atoms with van der Waals surface area (Å²) in [7, 11) is 0. The van der Waals surface area contributed by atoms with Crippen molar-refractivity contribution in [2.24, 2.45) is 5.92 Å². The molecule has 0 aliphatic heterocycles. The molecular formula is C35H58O2. The molecule has 1 unspecified atom stereocenters. The van der Waals surface area contributed by atoms with E-state index >= 15 is 0 Å². The Balaban J connectivity index is 4.14. The van der Waals surface area contributed by atoms with E-state index in [1.165, 1.54) is 46.3 Å². The summed E-state index contributed by atoms with van der Waals surface area (Å²) < 4.78 is 0. The van der Waals surface area contributed by atoms with Gasteiger partial charge in [-0.15, -0.1) is 0 Å². The lowest BCUT2D eigenvalue weighted by atomic mass is 10.00. The monoisotopic (exact) mass is 510 g/mol. The molecule has 0 spiro atoms. The molecule has 2 nitrogen and oxygen atoms in total. The van der Waals surface area contributed by atoms with Crippen LogP contribution < -0.4 is 0 Å². The van der Waals surface area contributed by atoms with Gasteiger partial charge in [0.25, 0.3) is 0 Å². The number of hydrogen-bond acceptors (Lipinski definition) is 1. The van der Waals surface area contributed by atoms with Gasteiger partial charge in [-0.1, -0.05) is 76.8 Å². The predicted octanol–water partition coefficient (Wildman–Crippen LogP) is 11.5. The Hall–Kier alpha value is -2.09. The van der Waals surface area contributed by atoms with Crippen molar-refractivity contribution >= 4 is 5.97 Å². The minimum atomic E-state index is -0.693. The molecular weight excluding hydrogens is 452 g/mol. The number of carboxylic acids is 1. The molecule has 0 saturated heterocycles. The van der Waals surface area contributed by atoms with Crippen LogP contribution in [0.1, 0.15) is 139 Å². The summed E-state index contributed by atoms with van der Waals surface area (Å²) in [6.45, 7) is 17.6. The molecule has 2 heteroatoms. The molecule has 0 radical (unpaired) electrons. The number of carbonyl (C=O) groups is 1. The Morgan fingerprint density at radius 3 is 1.14 bits per heavy atom. The highest BCUT2D eigenvalue weighted by Gasteiger charge is 2.06. The highest BCUT2D eigenvalue weighted by atomic mass is 16.4. The van der Waals surface area contributed by atoms with Gasteiger partial charge in [-0.3, -0.25) is 4.79 Å². The fourth-order valence-electron chi connectivity index (χ4n) is 4.30. The van der Waals surface area contributed by atoms with E-state index in [9.17, 15) is 4.79 Å². The van der Waals surface area contributed by atoms with Gasteiger partial charge >= 0.3 is 5.97 Å². The summed E-state index contributed by atoms with van der Waals surface area (Å²) in [5, 5.41) is 8.85. The molecule has 0 aliphatic rings. The van der Waals surface area contributed by atoms with Crippen molar-refractivity contribution in [1.82, 2.24) is 0 Å². The van der Waals surface area contributed by atoms with Crippen LogP contribution in [0.5, 0.6) is 0 Å². The highest BCUT2D eigenvalue weighted by Crippen LogP contribution is 2.17. The van der Waals surface area contributed by atoms with Crippen LogP contribution in [0.3, 0.4) is 0 Å². The molecule has 0 heterocycles. The third kappa shape index (κ3) is 24.0. The van der Waals surface area contributed by atoms with Gasteiger partial charge in [0, 0.05) is 6.42 Å². The van der Waals surface area contributed by atoms with Gasteiger partial charge in [0.15, 0.2) is 0 Å². The summed E-state index contributed by atoms with van der Waals surface area (Å²) in [6, 6.07) is 0. The zero-order chi connectivity index (χ0) is 28.1. The maximum Gasteiger partial charge on any atom is 0.303 e. The van der Waals surface area contributed by atoms with E-state index in [0.717, 1.165) is 64.2 Å². The Morgan fingerprint density at radius 1 is 0.541 bits per heavy atom. The topological polar surface area (TPSA) is 37.3 Å². The van der Waals surface area contributed by atoms with Crippen LogP contribution in [-0.4, -0.2) is 11.1 Å². The second-order valence-corrected chi connectivity index (χ2v) is 11.5. The first kappa shape index (κ1) is 34.9. The van der Waals surface area contributed by atoms with Gasteiger partial charge in [0.1, 0.15) is 0 Å². The van der Waals surface area contributed by atoms with Gasteiger partial charge in [-0.05, 0) is 131 Å². The van der Waals surface area contributed by atoms with Crippen molar-refractivity contribution in [1.29, 1.82) is 0 Å². The first-order chi connectivity index (χ1) is 17.5. The standard InChI is InChI=1S/C35H58O2/c1-28(2)15-9-16-29(3)17-10-18-30(4)19-11-20-31(5)21-12-22-32(6)23-13-24-33(7)25-14-26-34(8)27-35(36)37/h15,17,19,21,23,25,34H,9-14,16,18,20,22,24,26-27H2,1-8H3,(H,36,37). The van der Waals surface area contributed by atoms with E-state index < -0.39 is 5.97 Å². The van der Waals surface area contributed by atoms with Crippen LogP contribution in [0.4, 0.5) is 0 Å². The summed E-state index contributed by atoms with van der Waals surface area (Å²) in [5.41, 5.74) is 8.83. The molecule has 0 rings (SSSR count). The number of aliphatic carboxylic acids is 1. The Bertz CT molecular complexity index is 825. The Morgan fingerprint density at radius 2 is 0.838 bits per heavy atom. The van der Waals surface area contributed by atoms with Gasteiger partial charge in [-0.25, -0.2) is 0 Å². The average molecular weight is 511 g/mol. The second kappa shape index (κ2) is 21.9. The van der Waals surface area contributed by atoms with Crippen molar-refractivity contribution in [3.63, 3.8) is 0 Å². The molecule has 0 fully saturated rings. The molecule has 0 bridgehead atoms. The van der Waals surface area contributed by atoms with Crippen molar-refractivity contribution in [2.45, 2.75) is 139 Å². The molecule has 0 saturated carbocycles. The maximum absolute atomic E-state index is 10.7. The van der Waals surface area contributed by atoms with Crippen molar-refractivity contribution in [3.8, 4) is 0 Å². The minimum Gasteiger partial charge on any atom is -0.481 e. The SMILES string of the molecule is CC(C)=CCCC(C)=CCCC(C)=CCCC(C)=CCCC(C)=CCCC(C)=CCCC(C)CC(=O)O. The maximum atomic E-state index is 10.7. The second-order valence-electron chi connectivity index (χ2n) is 11.5. The van der Waals surface area contributed by atoms with Gasteiger partial charge in [0.2, 0.25) is 0 Å². The first-order valence-electron chi connectivity index (χ1n) is 14.6. The van der Waals surface area contributed by atoms with Gasteiger partial charge < -0.3 is 5.11 Å². The zero-order valence-electron chi connectivity index (χ0n) is 25.6. The van der Waals surface area contributed by atoms with E-state index in [-0.39, 0.29) is 12.3 Å². The smallest absolute Gasteiger partial charge is 0.303 e.